The molecule has 0 aliphatic rings. The second kappa shape index (κ2) is 6.82. The minimum atomic E-state index is -0.0252. The molecule has 0 unspecified atom stereocenters. The highest BCUT2D eigenvalue weighted by molar-refractivity contribution is 7.99. The van der Waals surface area contributed by atoms with E-state index in [1.807, 2.05) is 20.4 Å². The van der Waals surface area contributed by atoms with E-state index in [-0.39, 0.29) is 5.91 Å². The van der Waals surface area contributed by atoms with Crippen molar-refractivity contribution in [1.29, 1.82) is 0 Å². The van der Waals surface area contributed by atoms with Crippen molar-refractivity contribution in [3.8, 4) is 0 Å². The Labute approximate surface area is 104 Å². The van der Waals surface area contributed by atoms with Crippen molar-refractivity contribution in [2.45, 2.75) is 6.42 Å². The van der Waals surface area contributed by atoms with Gasteiger partial charge in [-0.15, -0.1) is 10.2 Å². The molecule has 0 bridgehead atoms. The molecule has 0 aliphatic heterocycles. The SMILES string of the molecule is CSCC(=O)Nc1nnc(CCN(C)C)s1. The minimum Gasteiger partial charge on any atom is -0.309 e. The first kappa shape index (κ1) is 13.4. The Morgan fingerprint density at radius 2 is 2.25 bits per heavy atom. The van der Waals surface area contributed by atoms with Crippen LogP contribution in [0.3, 0.4) is 0 Å². The van der Waals surface area contributed by atoms with Gasteiger partial charge in [0.15, 0.2) is 0 Å². The van der Waals surface area contributed by atoms with E-state index < -0.39 is 0 Å². The van der Waals surface area contributed by atoms with Gasteiger partial charge in [0.1, 0.15) is 5.01 Å². The fraction of sp³-hybridized carbons (Fsp3) is 0.667. The lowest BCUT2D eigenvalue weighted by Gasteiger charge is -2.05. The number of carbonyl (C=O) groups excluding carboxylic acids is 1. The van der Waals surface area contributed by atoms with Crippen LogP contribution in [0.4, 0.5) is 5.13 Å². The first-order valence-electron chi connectivity index (χ1n) is 4.87. The van der Waals surface area contributed by atoms with Gasteiger partial charge in [0.25, 0.3) is 0 Å². The molecule has 1 heterocycles. The Morgan fingerprint density at radius 1 is 1.50 bits per heavy atom. The average molecular weight is 260 g/mol. The van der Waals surface area contributed by atoms with Crippen LogP contribution >= 0.6 is 23.1 Å². The Hall–Kier alpha value is -0.660. The molecule has 1 N–H and O–H groups in total. The van der Waals surface area contributed by atoms with E-state index in [1.54, 1.807) is 0 Å². The molecule has 0 saturated carbocycles. The summed E-state index contributed by atoms with van der Waals surface area (Å²) in [5.41, 5.74) is 0. The lowest BCUT2D eigenvalue weighted by molar-refractivity contribution is -0.113. The molecule has 7 heteroatoms. The first-order valence-corrected chi connectivity index (χ1v) is 7.08. The van der Waals surface area contributed by atoms with Crippen LogP contribution in [0.5, 0.6) is 0 Å². The molecule has 1 aromatic rings. The monoisotopic (exact) mass is 260 g/mol. The van der Waals surface area contributed by atoms with Crippen molar-refractivity contribution in [3.05, 3.63) is 5.01 Å². The van der Waals surface area contributed by atoms with Crippen LogP contribution in [0.15, 0.2) is 0 Å². The number of hydrogen-bond donors (Lipinski definition) is 1. The van der Waals surface area contributed by atoms with Gasteiger partial charge in [-0.05, 0) is 20.4 Å². The molecule has 1 rings (SSSR count). The molecule has 16 heavy (non-hydrogen) atoms. The normalized spacial score (nSPS) is 10.8. The predicted molar refractivity (Wildman–Crippen MR) is 69.2 cm³/mol. The Bertz CT molecular complexity index is 340. The van der Waals surface area contributed by atoms with Crippen LogP contribution in [-0.2, 0) is 11.2 Å². The van der Waals surface area contributed by atoms with Crippen LogP contribution in [0, 0.1) is 0 Å². The highest BCUT2D eigenvalue weighted by Crippen LogP contribution is 2.15. The van der Waals surface area contributed by atoms with Crippen LogP contribution < -0.4 is 5.32 Å². The van der Waals surface area contributed by atoms with Gasteiger partial charge in [0, 0.05) is 13.0 Å². The highest BCUT2D eigenvalue weighted by Gasteiger charge is 2.07. The summed E-state index contributed by atoms with van der Waals surface area (Å²) in [4.78, 5) is 13.4. The van der Waals surface area contributed by atoms with Gasteiger partial charge in [0.2, 0.25) is 11.0 Å². The standard InChI is InChI=1S/C9H16N4OS2/c1-13(2)5-4-8-11-12-9(16-8)10-7(14)6-15-3/h4-6H2,1-3H3,(H,10,12,14). The minimum absolute atomic E-state index is 0.0252. The second-order valence-corrected chi connectivity index (χ2v) is 5.46. The lowest BCUT2D eigenvalue weighted by Crippen LogP contribution is -2.14. The molecule has 0 aromatic carbocycles. The summed E-state index contributed by atoms with van der Waals surface area (Å²) in [6.45, 7) is 0.938. The van der Waals surface area contributed by atoms with Gasteiger partial charge in [-0.25, -0.2) is 0 Å². The summed E-state index contributed by atoms with van der Waals surface area (Å²) in [6.07, 6.45) is 2.76. The molecular formula is C9H16N4OS2. The summed E-state index contributed by atoms with van der Waals surface area (Å²) in [6, 6.07) is 0. The Morgan fingerprint density at radius 3 is 2.88 bits per heavy atom. The summed E-state index contributed by atoms with van der Waals surface area (Å²) < 4.78 is 0. The van der Waals surface area contributed by atoms with Crippen LogP contribution in [-0.4, -0.2) is 53.7 Å². The quantitative estimate of drug-likeness (QED) is 0.825. The molecule has 5 nitrogen and oxygen atoms in total. The van der Waals surface area contributed by atoms with Crippen molar-refractivity contribution < 1.29 is 4.79 Å². The second-order valence-electron chi connectivity index (χ2n) is 3.54. The zero-order valence-corrected chi connectivity index (χ0v) is 11.3. The van der Waals surface area contributed by atoms with Crippen molar-refractivity contribution in [2.75, 3.05) is 38.0 Å². The number of aromatic nitrogens is 2. The van der Waals surface area contributed by atoms with Gasteiger partial charge in [-0.2, -0.15) is 11.8 Å². The third-order valence-electron chi connectivity index (χ3n) is 1.76. The van der Waals surface area contributed by atoms with E-state index in [2.05, 4.69) is 20.4 Å². The fourth-order valence-electron chi connectivity index (χ4n) is 1.01. The van der Waals surface area contributed by atoms with Crippen molar-refractivity contribution in [3.63, 3.8) is 0 Å². The Balaban J connectivity index is 2.42. The lowest BCUT2D eigenvalue weighted by atomic mass is 10.4. The van der Waals surface area contributed by atoms with Crippen LogP contribution in [0.2, 0.25) is 0 Å². The first-order chi connectivity index (χ1) is 7.61. The van der Waals surface area contributed by atoms with Gasteiger partial charge in [-0.1, -0.05) is 11.3 Å². The van der Waals surface area contributed by atoms with Gasteiger partial charge >= 0.3 is 0 Å². The maximum Gasteiger partial charge on any atom is 0.236 e. The molecule has 90 valence electrons. The summed E-state index contributed by atoms with van der Waals surface area (Å²) in [5.74, 6) is 0.426. The van der Waals surface area contributed by atoms with E-state index in [9.17, 15) is 4.79 Å². The van der Waals surface area contributed by atoms with Gasteiger partial charge < -0.3 is 4.90 Å². The zero-order valence-electron chi connectivity index (χ0n) is 9.69. The number of rotatable bonds is 6. The number of nitrogens with zero attached hydrogens (tertiary/aromatic N) is 3. The molecule has 0 spiro atoms. The number of likely N-dealkylation sites (N-methyl/N-ethyl adjacent to an activating group) is 1. The molecule has 0 saturated heterocycles. The number of thioether (sulfide) groups is 1. The summed E-state index contributed by atoms with van der Waals surface area (Å²) >= 11 is 2.93. The topological polar surface area (TPSA) is 58.1 Å². The molecule has 0 atom stereocenters. The number of anilines is 1. The highest BCUT2D eigenvalue weighted by atomic mass is 32.2. The molecule has 1 amide bonds. The largest absolute Gasteiger partial charge is 0.309 e. The van der Waals surface area contributed by atoms with Crippen LogP contribution in [0.1, 0.15) is 5.01 Å². The van der Waals surface area contributed by atoms with E-state index in [1.165, 1.54) is 23.1 Å². The third-order valence-corrected chi connectivity index (χ3v) is 3.21. The third kappa shape index (κ3) is 4.91. The molecule has 0 fully saturated rings. The van der Waals surface area contributed by atoms with E-state index in [0.29, 0.717) is 10.9 Å². The van der Waals surface area contributed by atoms with E-state index in [0.717, 1.165) is 18.0 Å². The molecule has 0 aliphatic carbocycles. The Kier molecular flexibility index (Phi) is 5.72. The summed E-state index contributed by atoms with van der Waals surface area (Å²) in [5, 5.41) is 12.2. The number of hydrogen-bond acceptors (Lipinski definition) is 6. The fourth-order valence-corrected chi connectivity index (χ4v) is 2.09. The smallest absolute Gasteiger partial charge is 0.236 e. The number of carbonyl (C=O) groups is 1. The van der Waals surface area contributed by atoms with Crippen molar-refractivity contribution >= 4 is 34.1 Å². The van der Waals surface area contributed by atoms with Crippen molar-refractivity contribution in [2.24, 2.45) is 0 Å². The molecule has 0 radical (unpaired) electrons. The maximum atomic E-state index is 11.3. The van der Waals surface area contributed by atoms with Gasteiger partial charge in [-0.3, -0.25) is 10.1 Å². The van der Waals surface area contributed by atoms with Gasteiger partial charge in [0.05, 0.1) is 5.75 Å². The number of nitrogens with one attached hydrogen (secondary N) is 1. The van der Waals surface area contributed by atoms with Crippen LogP contribution in [0.25, 0.3) is 0 Å². The van der Waals surface area contributed by atoms with E-state index in [4.69, 9.17) is 0 Å². The van der Waals surface area contributed by atoms with E-state index >= 15 is 0 Å². The zero-order chi connectivity index (χ0) is 12.0. The summed E-state index contributed by atoms with van der Waals surface area (Å²) in [7, 11) is 4.03. The predicted octanol–water partition coefficient (Wildman–Crippen LogP) is 0.944. The average Bonchev–Trinajstić information content (AvgIpc) is 2.63. The maximum absolute atomic E-state index is 11.3. The van der Waals surface area contributed by atoms with Crippen molar-refractivity contribution in [1.82, 2.24) is 15.1 Å². The number of amides is 1. The molecular weight excluding hydrogens is 244 g/mol. The molecule has 1 aromatic heterocycles.